The summed E-state index contributed by atoms with van der Waals surface area (Å²) in [5.41, 5.74) is 1.19. The van der Waals surface area contributed by atoms with Gasteiger partial charge in [-0.1, -0.05) is 18.2 Å². The fourth-order valence-corrected chi connectivity index (χ4v) is 3.55. The highest BCUT2D eigenvalue weighted by molar-refractivity contribution is 9.10. The Morgan fingerprint density at radius 1 is 1.14 bits per heavy atom. The number of rotatable bonds is 6. The van der Waals surface area contributed by atoms with Gasteiger partial charge in [0, 0.05) is 23.7 Å². The number of thioether (sulfide) groups is 1. The van der Waals surface area contributed by atoms with Crippen LogP contribution in [0.25, 0.3) is 0 Å². The van der Waals surface area contributed by atoms with Crippen LogP contribution in [0.15, 0.2) is 51.8 Å². The Balaban J connectivity index is 1.45. The van der Waals surface area contributed by atoms with Gasteiger partial charge >= 0.3 is 0 Å². The topological polar surface area (TPSA) is 30.5 Å². The highest BCUT2D eigenvalue weighted by Crippen LogP contribution is 2.39. The summed E-state index contributed by atoms with van der Waals surface area (Å²) in [5, 5.41) is 3.45. The molecular formula is C16H16BrNO2S. The van der Waals surface area contributed by atoms with Crippen molar-refractivity contribution in [2.45, 2.75) is 11.4 Å². The number of hydrogen-bond acceptors (Lipinski definition) is 4. The van der Waals surface area contributed by atoms with Crippen LogP contribution in [0.4, 0.5) is 0 Å². The Morgan fingerprint density at radius 2 is 2.00 bits per heavy atom. The molecule has 5 heteroatoms. The minimum Gasteiger partial charge on any atom is -0.454 e. The molecule has 1 aliphatic heterocycles. The Kier molecular flexibility index (Phi) is 5.06. The largest absolute Gasteiger partial charge is 0.454 e. The van der Waals surface area contributed by atoms with Crippen LogP contribution in [0.1, 0.15) is 5.56 Å². The Bertz CT molecular complexity index is 607. The fourth-order valence-electron chi connectivity index (χ4n) is 2.11. The molecule has 1 heterocycles. The summed E-state index contributed by atoms with van der Waals surface area (Å²) in [5.74, 6) is 2.67. The van der Waals surface area contributed by atoms with Crippen molar-refractivity contribution >= 4 is 27.7 Å². The van der Waals surface area contributed by atoms with Crippen molar-refractivity contribution < 1.29 is 9.47 Å². The van der Waals surface area contributed by atoms with Gasteiger partial charge in [0.25, 0.3) is 0 Å². The monoisotopic (exact) mass is 365 g/mol. The maximum absolute atomic E-state index is 5.42. The van der Waals surface area contributed by atoms with Crippen molar-refractivity contribution in [2.24, 2.45) is 0 Å². The quantitative estimate of drug-likeness (QED) is 0.617. The summed E-state index contributed by atoms with van der Waals surface area (Å²) in [7, 11) is 0. The normalized spacial score (nSPS) is 12.6. The number of benzene rings is 2. The molecule has 1 aliphatic rings. The van der Waals surface area contributed by atoms with Gasteiger partial charge in [0.1, 0.15) is 0 Å². The molecule has 0 amide bonds. The lowest BCUT2D eigenvalue weighted by molar-refractivity contribution is 0.173. The van der Waals surface area contributed by atoms with Crippen molar-refractivity contribution in [1.82, 2.24) is 5.32 Å². The van der Waals surface area contributed by atoms with Crippen LogP contribution in [-0.4, -0.2) is 19.1 Å². The molecular weight excluding hydrogens is 350 g/mol. The standard InChI is InChI=1S/C16H16BrNO2S/c17-14-8-12(9-15-16(14)20-11-19-15)10-18-6-7-21-13-4-2-1-3-5-13/h1-5,8-9,18H,6-7,10-11H2. The van der Waals surface area contributed by atoms with Gasteiger partial charge in [-0.3, -0.25) is 0 Å². The van der Waals surface area contributed by atoms with Gasteiger partial charge in [-0.05, 0) is 45.8 Å². The second kappa shape index (κ2) is 7.20. The molecule has 0 bridgehead atoms. The van der Waals surface area contributed by atoms with E-state index >= 15 is 0 Å². The summed E-state index contributed by atoms with van der Waals surface area (Å²) in [6.45, 7) is 2.09. The summed E-state index contributed by atoms with van der Waals surface area (Å²) >= 11 is 5.38. The van der Waals surface area contributed by atoms with Crippen LogP contribution in [0.5, 0.6) is 11.5 Å². The Morgan fingerprint density at radius 3 is 2.86 bits per heavy atom. The number of hydrogen-bond donors (Lipinski definition) is 1. The molecule has 0 saturated heterocycles. The van der Waals surface area contributed by atoms with E-state index in [1.165, 1.54) is 10.5 Å². The number of fused-ring (bicyclic) bond motifs is 1. The molecule has 0 spiro atoms. The average molecular weight is 366 g/mol. The van der Waals surface area contributed by atoms with Crippen molar-refractivity contribution in [3.8, 4) is 11.5 Å². The van der Waals surface area contributed by atoms with Gasteiger partial charge in [0.2, 0.25) is 6.79 Å². The molecule has 0 aliphatic carbocycles. The SMILES string of the molecule is Brc1cc(CNCCSc2ccccc2)cc2c1OCO2. The highest BCUT2D eigenvalue weighted by Gasteiger charge is 2.17. The Labute approximate surface area is 137 Å². The first-order chi connectivity index (χ1) is 10.3. The molecule has 0 radical (unpaired) electrons. The molecule has 0 unspecified atom stereocenters. The van der Waals surface area contributed by atoms with E-state index < -0.39 is 0 Å². The van der Waals surface area contributed by atoms with E-state index in [9.17, 15) is 0 Å². The Hall–Kier alpha value is -1.17. The third-order valence-electron chi connectivity index (χ3n) is 3.11. The maximum atomic E-state index is 5.42. The van der Waals surface area contributed by atoms with Crippen LogP contribution in [0.3, 0.4) is 0 Å². The first-order valence-corrected chi connectivity index (χ1v) is 8.57. The van der Waals surface area contributed by atoms with Crippen LogP contribution >= 0.6 is 27.7 Å². The number of halogens is 1. The summed E-state index contributed by atoms with van der Waals surface area (Å²) in [4.78, 5) is 1.31. The molecule has 2 aromatic rings. The minimum atomic E-state index is 0.304. The van der Waals surface area contributed by atoms with Gasteiger partial charge in [0.05, 0.1) is 4.47 Å². The lowest BCUT2D eigenvalue weighted by Crippen LogP contribution is -2.16. The second-order valence-corrected chi connectivity index (χ2v) is 6.67. The fraction of sp³-hybridized carbons (Fsp3) is 0.250. The van der Waals surface area contributed by atoms with Gasteiger partial charge in [-0.25, -0.2) is 0 Å². The maximum Gasteiger partial charge on any atom is 0.231 e. The number of nitrogens with one attached hydrogen (secondary N) is 1. The molecule has 21 heavy (non-hydrogen) atoms. The van der Waals surface area contributed by atoms with Crippen molar-refractivity contribution in [3.05, 3.63) is 52.5 Å². The van der Waals surface area contributed by atoms with Crippen LogP contribution < -0.4 is 14.8 Å². The first kappa shape index (κ1) is 14.8. The van der Waals surface area contributed by atoms with Crippen molar-refractivity contribution in [1.29, 1.82) is 0 Å². The lowest BCUT2D eigenvalue weighted by atomic mass is 10.2. The molecule has 0 atom stereocenters. The zero-order valence-electron chi connectivity index (χ0n) is 11.5. The zero-order chi connectivity index (χ0) is 14.5. The molecule has 0 saturated carbocycles. The molecule has 110 valence electrons. The van der Waals surface area contributed by atoms with E-state index in [1.807, 2.05) is 23.9 Å². The smallest absolute Gasteiger partial charge is 0.231 e. The van der Waals surface area contributed by atoms with E-state index in [1.54, 1.807) is 0 Å². The zero-order valence-corrected chi connectivity index (χ0v) is 13.9. The lowest BCUT2D eigenvalue weighted by Gasteiger charge is -2.07. The van der Waals surface area contributed by atoms with E-state index in [2.05, 4.69) is 51.6 Å². The molecule has 3 nitrogen and oxygen atoms in total. The number of ether oxygens (including phenoxy) is 2. The van der Waals surface area contributed by atoms with E-state index in [-0.39, 0.29) is 0 Å². The average Bonchev–Trinajstić information content (AvgIpc) is 2.97. The van der Waals surface area contributed by atoms with Gasteiger partial charge < -0.3 is 14.8 Å². The molecule has 2 aromatic carbocycles. The van der Waals surface area contributed by atoms with Crippen LogP contribution in [0.2, 0.25) is 0 Å². The van der Waals surface area contributed by atoms with Crippen molar-refractivity contribution in [3.63, 3.8) is 0 Å². The second-order valence-electron chi connectivity index (χ2n) is 4.65. The predicted molar refractivity (Wildman–Crippen MR) is 89.1 cm³/mol. The van der Waals surface area contributed by atoms with Gasteiger partial charge in [0.15, 0.2) is 11.5 Å². The van der Waals surface area contributed by atoms with E-state index in [0.29, 0.717) is 6.79 Å². The summed E-state index contributed by atoms with van der Waals surface area (Å²) < 4.78 is 11.8. The van der Waals surface area contributed by atoms with Crippen LogP contribution in [0, 0.1) is 0 Å². The minimum absolute atomic E-state index is 0.304. The van der Waals surface area contributed by atoms with E-state index in [0.717, 1.165) is 34.8 Å². The third kappa shape index (κ3) is 3.93. The highest BCUT2D eigenvalue weighted by atomic mass is 79.9. The van der Waals surface area contributed by atoms with Crippen molar-refractivity contribution in [2.75, 3.05) is 19.1 Å². The third-order valence-corrected chi connectivity index (χ3v) is 4.71. The van der Waals surface area contributed by atoms with Gasteiger partial charge in [-0.15, -0.1) is 11.8 Å². The van der Waals surface area contributed by atoms with Crippen LogP contribution in [-0.2, 0) is 6.54 Å². The summed E-state index contributed by atoms with van der Waals surface area (Å²) in [6, 6.07) is 14.6. The molecule has 1 N–H and O–H groups in total. The molecule has 0 aromatic heterocycles. The summed E-state index contributed by atoms with van der Waals surface area (Å²) in [6.07, 6.45) is 0. The first-order valence-electron chi connectivity index (χ1n) is 6.79. The van der Waals surface area contributed by atoms with E-state index in [4.69, 9.17) is 9.47 Å². The van der Waals surface area contributed by atoms with Gasteiger partial charge in [-0.2, -0.15) is 0 Å². The molecule has 3 rings (SSSR count). The molecule has 0 fully saturated rings. The predicted octanol–water partition coefficient (Wildman–Crippen LogP) is 4.06.